The van der Waals surface area contributed by atoms with Gasteiger partial charge in [0.05, 0.1) is 11.4 Å². The first-order valence-electron chi connectivity index (χ1n) is 8.75. The monoisotopic (exact) mass is 372 g/mol. The van der Waals surface area contributed by atoms with Crippen LogP contribution < -0.4 is 5.43 Å². The van der Waals surface area contributed by atoms with Crippen LogP contribution in [0.4, 0.5) is 4.39 Å². The lowest BCUT2D eigenvalue weighted by Crippen LogP contribution is -2.19. The number of hydrogen-bond donors (Lipinski definition) is 2. The summed E-state index contributed by atoms with van der Waals surface area (Å²) in [5.41, 5.74) is 5.68. The number of aromatic nitrogens is 2. The third-order valence-corrected chi connectivity index (χ3v) is 4.45. The van der Waals surface area contributed by atoms with E-state index in [1.807, 2.05) is 42.5 Å². The number of hydrogen-bond acceptors (Lipinski definition) is 3. The lowest BCUT2D eigenvalue weighted by atomic mass is 10.1. The zero-order chi connectivity index (χ0) is 19.5. The Labute approximate surface area is 160 Å². The summed E-state index contributed by atoms with van der Waals surface area (Å²) in [7, 11) is 0. The van der Waals surface area contributed by atoms with Crippen LogP contribution in [0.1, 0.15) is 23.0 Å². The van der Waals surface area contributed by atoms with Gasteiger partial charge in [-0.1, -0.05) is 48.5 Å². The number of fused-ring (bicyclic) bond motifs is 1. The summed E-state index contributed by atoms with van der Waals surface area (Å²) < 4.78 is 13.0. The highest BCUT2D eigenvalue weighted by molar-refractivity contribution is 6.00. The van der Waals surface area contributed by atoms with Crippen molar-refractivity contribution in [3.63, 3.8) is 0 Å². The van der Waals surface area contributed by atoms with Crippen LogP contribution in [0.15, 0.2) is 77.9 Å². The van der Waals surface area contributed by atoms with Gasteiger partial charge in [0.1, 0.15) is 11.5 Å². The minimum absolute atomic E-state index is 0.304. The molecule has 0 unspecified atom stereocenters. The molecule has 1 amide bonds. The minimum atomic E-state index is -0.402. The van der Waals surface area contributed by atoms with Gasteiger partial charge in [0.15, 0.2) is 0 Å². The molecule has 0 saturated carbocycles. The number of nitrogens with one attached hydrogen (secondary N) is 2. The maximum atomic E-state index is 13.0. The summed E-state index contributed by atoms with van der Waals surface area (Å²) in [5.74, 6) is -0.722. The van der Waals surface area contributed by atoms with Crippen LogP contribution in [0.5, 0.6) is 0 Å². The molecule has 1 heterocycles. The molecule has 0 aliphatic carbocycles. The fourth-order valence-corrected chi connectivity index (χ4v) is 2.89. The summed E-state index contributed by atoms with van der Waals surface area (Å²) in [6, 6.07) is 21.7. The number of aromatic amines is 1. The lowest BCUT2D eigenvalue weighted by molar-refractivity contribution is 0.0950. The zero-order valence-corrected chi connectivity index (χ0v) is 15.1. The number of nitrogens with zero attached hydrogens (tertiary/aromatic N) is 2. The van der Waals surface area contributed by atoms with Crippen LogP contribution in [-0.2, 0) is 0 Å². The molecule has 2 N–H and O–H groups in total. The van der Waals surface area contributed by atoms with E-state index >= 15 is 0 Å². The number of amides is 1. The molecule has 1 aromatic heterocycles. The first-order valence-corrected chi connectivity index (χ1v) is 8.75. The summed E-state index contributed by atoms with van der Waals surface area (Å²) in [4.78, 5) is 12.3. The van der Waals surface area contributed by atoms with E-state index in [2.05, 4.69) is 20.7 Å². The van der Waals surface area contributed by atoms with Gasteiger partial charge in [0.2, 0.25) is 0 Å². The van der Waals surface area contributed by atoms with E-state index in [1.54, 1.807) is 25.1 Å². The standard InChI is InChI=1S/C22H17FN4O/c1-14(15-8-10-19(23)11-9-15)24-27-22(28)21-13-20(25-26-21)18-7-6-16-4-2-3-5-17(16)12-18/h2-13H,1H3,(H,25,26)(H,27,28). The molecule has 0 aliphatic heterocycles. The number of benzene rings is 3. The normalized spacial score (nSPS) is 11.6. The SMILES string of the molecule is CC(=NNC(=O)c1cc(-c2ccc3ccccc3c2)n[nH]1)c1ccc(F)cc1. The zero-order valence-electron chi connectivity index (χ0n) is 15.1. The third kappa shape index (κ3) is 3.66. The van der Waals surface area contributed by atoms with Crippen molar-refractivity contribution in [3.05, 3.63) is 89.9 Å². The van der Waals surface area contributed by atoms with E-state index in [4.69, 9.17) is 0 Å². The minimum Gasteiger partial charge on any atom is -0.272 e. The Morgan fingerprint density at radius 3 is 2.54 bits per heavy atom. The Hall–Kier alpha value is -3.80. The maximum Gasteiger partial charge on any atom is 0.289 e. The molecule has 5 nitrogen and oxygen atoms in total. The Morgan fingerprint density at radius 1 is 1.00 bits per heavy atom. The van der Waals surface area contributed by atoms with Crippen molar-refractivity contribution in [1.82, 2.24) is 15.6 Å². The van der Waals surface area contributed by atoms with Crippen molar-refractivity contribution in [2.45, 2.75) is 6.92 Å². The second-order valence-corrected chi connectivity index (χ2v) is 6.37. The Morgan fingerprint density at radius 2 is 1.75 bits per heavy atom. The van der Waals surface area contributed by atoms with Gasteiger partial charge < -0.3 is 0 Å². The Bertz CT molecular complexity index is 1180. The van der Waals surface area contributed by atoms with E-state index in [0.717, 1.165) is 21.9 Å². The van der Waals surface area contributed by atoms with Gasteiger partial charge in [-0.2, -0.15) is 10.2 Å². The molecule has 4 rings (SSSR count). The maximum absolute atomic E-state index is 13.0. The number of hydrazone groups is 1. The van der Waals surface area contributed by atoms with Crippen molar-refractivity contribution in [1.29, 1.82) is 0 Å². The highest BCUT2D eigenvalue weighted by atomic mass is 19.1. The number of carbonyl (C=O) groups is 1. The highest BCUT2D eigenvalue weighted by Gasteiger charge is 2.11. The molecule has 0 spiro atoms. The molecule has 0 aliphatic rings. The summed E-state index contributed by atoms with van der Waals surface area (Å²) >= 11 is 0. The first kappa shape index (κ1) is 17.6. The topological polar surface area (TPSA) is 70.1 Å². The van der Waals surface area contributed by atoms with Gasteiger partial charge in [-0.25, -0.2) is 9.82 Å². The van der Waals surface area contributed by atoms with Crippen molar-refractivity contribution in [2.24, 2.45) is 5.10 Å². The van der Waals surface area contributed by atoms with Gasteiger partial charge >= 0.3 is 0 Å². The lowest BCUT2D eigenvalue weighted by Gasteiger charge is -2.02. The largest absolute Gasteiger partial charge is 0.289 e. The smallest absolute Gasteiger partial charge is 0.272 e. The highest BCUT2D eigenvalue weighted by Crippen LogP contribution is 2.23. The average molecular weight is 372 g/mol. The second kappa shape index (κ2) is 7.44. The molecule has 0 bridgehead atoms. The first-order chi connectivity index (χ1) is 13.6. The molecule has 6 heteroatoms. The fourth-order valence-electron chi connectivity index (χ4n) is 2.89. The van der Waals surface area contributed by atoms with Crippen LogP contribution in [0.2, 0.25) is 0 Å². The Balaban J connectivity index is 1.50. The van der Waals surface area contributed by atoms with E-state index < -0.39 is 5.91 Å². The van der Waals surface area contributed by atoms with Crippen molar-refractivity contribution in [3.8, 4) is 11.3 Å². The van der Waals surface area contributed by atoms with Gasteiger partial charge in [-0.05, 0) is 47.5 Å². The average Bonchev–Trinajstić information content (AvgIpc) is 3.22. The number of halogens is 1. The van der Waals surface area contributed by atoms with E-state index in [0.29, 0.717) is 17.1 Å². The number of H-pyrrole nitrogens is 1. The molecular weight excluding hydrogens is 355 g/mol. The predicted molar refractivity (Wildman–Crippen MR) is 108 cm³/mol. The Kier molecular flexibility index (Phi) is 4.68. The second-order valence-electron chi connectivity index (χ2n) is 6.37. The van der Waals surface area contributed by atoms with Crippen LogP contribution in [-0.4, -0.2) is 21.8 Å². The molecule has 4 aromatic rings. The van der Waals surface area contributed by atoms with Crippen molar-refractivity contribution in [2.75, 3.05) is 0 Å². The fraction of sp³-hybridized carbons (Fsp3) is 0.0455. The molecule has 28 heavy (non-hydrogen) atoms. The number of rotatable bonds is 4. The van der Waals surface area contributed by atoms with Crippen LogP contribution in [0.25, 0.3) is 22.0 Å². The van der Waals surface area contributed by atoms with E-state index in [-0.39, 0.29) is 5.82 Å². The summed E-state index contributed by atoms with van der Waals surface area (Å²) in [6.07, 6.45) is 0. The van der Waals surface area contributed by atoms with Crippen LogP contribution >= 0.6 is 0 Å². The molecule has 138 valence electrons. The molecule has 0 saturated heterocycles. The summed E-state index contributed by atoms with van der Waals surface area (Å²) in [6.45, 7) is 1.74. The molecule has 0 atom stereocenters. The molecule has 0 fully saturated rings. The quantitative estimate of drug-likeness (QED) is 0.408. The predicted octanol–water partition coefficient (Wildman–Crippen LogP) is 4.52. The van der Waals surface area contributed by atoms with Gasteiger partial charge in [0.25, 0.3) is 5.91 Å². The van der Waals surface area contributed by atoms with Crippen LogP contribution in [0, 0.1) is 5.82 Å². The molecular formula is C22H17FN4O. The van der Waals surface area contributed by atoms with E-state index in [1.165, 1.54) is 12.1 Å². The summed E-state index contributed by atoms with van der Waals surface area (Å²) in [5, 5.41) is 13.3. The van der Waals surface area contributed by atoms with Gasteiger partial charge in [-0.3, -0.25) is 9.89 Å². The van der Waals surface area contributed by atoms with E-state index in [9.17, 15) is 9.18 Å². The van der Waals surface area contributed by atoms with Crippen molar-refractivity contribution < 1.29 is 9.18 Å². The molecule has 0 radical (unpaired) electrons. The third-order valence-electron chi connectivity index (χ3n) is 4.45. The number of carbonyl (C=O) groups excluding carboxylic acids is 1. The van der Waals surface area contributed by atoms with Gasteiger partial charge in [0, 0.05) is 5.56 Å². The molecule has 3 aromatic carbocycles. The van der Waals surface area contributed by atoms with Crippen molar-refractivity contribution >= 4 is 22.4 Å². The van der Waals surface area contributed by atoms with Crippen LogP contribution in [0.3, 0.4) is 0 Å². The van der Waals surface area contributed by atoms with Gasteiger partial charge in [-0.15, -0.1) is 0 Å².